The number of hydrogen-bond donors (Lipinski definition) is 1. The van der Waals surface area contributed by atoms with Crippen molar-refractivity contribution >= 4 is 11.9 Å². The summed E-state index contributed by atoms with van der Waals surface area (Å²) < 4.78 is 4.70. The maximum Gasteiger partial charge on any atom is 0.287 e. The number of nitrogens with one attached hydrogen (secondary N) is 1. The molecular formula is C7H6NO4-. The molecular weight excluding hydrogens is 162 g/mol. The number of carbonyl (C=O) groups excluding carboxylic acids is 2. The average molecular weight is 168 g/mol. The van der Waals surface area contributed by atoms with E-state index in [4.69, 9.17) is 4.42 Å². The third-order valence-corrected chi connectivity index (χ3v) is 1.14. The van der Waals surface area contributed by atoms with Gasteiger partial charge in [0.25, 0.3) is 5.91 Å². The summed E-state index contributed by atoms with van der Waals surface area (Å²) >= 11 is 0. The molecule has 1 aromatic heterocycles. The van der Waals surface area contributed by atoms with Crippen molar-refractivity contribution in [3.05, 3.63) is 24.2 Å². The zero-order chi connectivity index (χ0) is 8.97. The maximum absolute atomic E-state index is 10.9. The number of rotatable bonds is 3. The van der Waals surface area contributed by atoms with Crippen molar-refractivity contribution in [2.24, 2.45) is 0 Å². The van der Waals surface area contributed by atoms with Crippen molar-refractivity contribution in [3.63, 3.8) is 0 Å². The number of carboxylic acids is 1. The van der Waals surface area contributed by atoms with Crippen molar-refractivity contribution in [1.82, 2.24) is 5.32 Å². The summed E-state index contributed by atoms with van der Waals surface area (Å²) in [6.45, 7) is -0.514. The van der Waals surface area contributed by atoms with Crippen LogP contribution >= 0.6 is 0 Å². The van der Waals surface area contributed by atoms with Crippen LogP contribution in [0.4, 0.5) is 0 Å². The lowest BCUT2D eigenvalue weighted by Crippen LogP contribution is -2.37. The Morgan fingerprint density at radius 3 is 2.83 bits per heavy atom. The van der Waals surface area contributed by atoms with Gasteiger partial charge in [0.2, 0.25) is 0 Å². The topological polar surface area (TPSA) is 82.4 Å². The normalized spacial score (nSPS) is 9.33. The summed E-state index contributed by atoms with van der Waals surface area (Å²) in [5, 5.41) is 12.0. The number of amides is 1. The molecule has 1 heterocycles. The van der Waals surface area contributed by atoms with Gasteiger partial charge in [-0.15, -0.1) is 0 Å². The Hall–Kier alpha value is -1.78. The molecule has 0 aliphatic rings. The Bertz CT molecular complexity index is 278. The molecule has 1 rings (SSSR count). The zero-order valence-corrected chi connectivity index (χ0v) is 6.07. The molecule has 0 aliphatic carbocycles. The molecule has 0 saturated carbocycles. The Morgan fingerprint density at radius 2 is 2.33 bits per heavy atom. The molecule has 0 atom stereocenters. The molecule has 0 bridgehead atoms. The SMILES string of the molecule is O=C([O-])CNC(=O)c1ccco1. The number of carbonyl (C=O) groups is 2. The minimum absolute atomic E-state index is 0.0799. The van der Waals surface area contributed by atoms with Crippen LogP contribution in [0.5, 0.6) is 0 Å². The highest BCUT2D eigenvalue weighted by Gasteiger charge is 2.06. The van der Waals surface area contributed by atoms with Crippen molar-refractivity contribution in [2.75, 3.05) is 6.54 Å². The first-order chi connectivity index (χ1) is 5.70. The van der Waals surface area contributed by atoms with Gasteiger partial charge in [-0.3, -0.25) is 4.79 Å². The van der Waals surface area contributed by atoms with Crippen LogP contribution in [0.3, 0.4) is 0 Å². The monoisotopic (exact) mass is 168 g/mol. The van der Waals surface area contributed by atoms with E-state index in [-0.39, 0.29) is 5.76 Å². The van der Waals surface area contributed by atoms with Crippen molar-refractivity contribution < 1.29 is 19.1 Å². The molecule has 0 spiro atoms. The van der Waals surface area contributed by atoms with Gasteiger partial charge >= 0.3 is 0 Å². The molecule has 12 heavy (non-hydrogen) atoms. The molecule has 0 radical (unpaired) electrons. The van der Waals surface area contributed by atoms with Crippen molar-refractivity contribution in [3.8, 4) is 0 Å². The van der Waals surface area contributed by atoms with Crippen LogP contribution in [0.1, 0.15) is 10.6 Å². The smallest absolute Gasteiger partial charge is 0.287 e. The van der Waals surface area contributed by atoms with E-state index in [0.717, 1.165) is 0 Å². The van der Waals surface area contributed by atoms with Crippen molar-refractivity contribution in [1.29, 1.82) is 0 Å². The number of furan rings is 1. The third kappa shape index (κ3) is 2.12. The predicted octanol–water partition coefficient (Wildman–Crippen LogP) is -1.24. The minimum Gasteiger partial charge on any atom is -0.548 e. The molecule has 5 nitrogen and oxygen atoms in total. The van der Waals surface area contributed by atoms with Crippen LogP contribution in [-0.4, -0.2) is 18.4 Å². The quantitative estimate of drug-likeness (QED) is 0.611. The van der Waals surface area contributed by atoms with E-state index >= 15 is 0 Å². The Labute approximate surface area is 68.0 Å². The zero-order valence-electron chi connectivity index (χ0n) is 6.07. The summed E-state index contributed by atoms with van der Waals surface area (Å²) in [6, 6.07) is 2.97. The molecule has 1 N–H and O–H groups in total. The fourth-order valence-corrected chi connectivity index (χ4v) is 0.647. The highest BCUT2D eigenvalue weighted by molar-refractivity contribution is 5.93. The van der Waals surface area contributed by atoms with Gasteiger partial charge in [-0.1, -0.05) is 0 Å². The number of hydrogen-bond acceptors (Lipinski definition) is 4. The van der Waals surface area contributed by atoms with E-state index in [1.54, 1.807) is 0 Å². The summed E-state index contributed by atoms with van der Waals surface area (Å²) in [7, 11) is 0. The van der Waals surface area contributed by atoms with Crippen LogP contribution in [0.2, 0.25) is 0 Å². The molecule has 0 aliphatic heterocycles. The van der Waals surface area contributed by atoms with Gasteiger partial charge in [-0.2, -0.15) is 0 Å². The van der Waals surface area contributed by atoms with E-state index in [1.165, 1.54) is 18.4 Å². The Kier molecular flexibility index (Phi) is 2.47. The standard InChI is InChI=1S/C7H7NO4/c9-6(10)4-8-7(11)5-2-1-3-12-5/h1-3H,4H2,(H,8,11)(H,9,10)/p-1. The van der Waals surface area contributed by atoms with Crippen molar-refractivity contribution in [2.45, 2.75) is 0 Å². The second kappa shape index (κ2) is 3.56. The lowest BCUT2D eigenvalue weighted by atomic mass is 10.4. The molecule has 1 aromatic rings. The Morgan fingerprint density at radius 1 is 1.58 bits per heavy atom. The first-order valence-corrected chi connectivity index (χ1v) is 3.21. The van der Waals surface area contributed by atoms with E-state index < -0.39 is 18.4 Å². The fourth-order valence-electron chi connectivity index (χ4n) is 0.647. The second-order valence-corrected chi connectivity index (χ2v) is 2.03. The molecule has 0 fully saturated rings. The van der Waals surface area contributed by atoms with Crippen LogP contribution in [0.15, 0.2) is 22.8 Å². The lowest BCUT2D eigenvalue weighted by Gasteiger charge is -2.02. The number of carboxylic acid groups (broad SMARTS) is 1. The number of aliphatic carboxylic acids is 1. The van der Waals surface area contributed by atoms with Gasteiger partial charge in [-0.05, 0) is 12.1 Å². The summed E-state index contributed by atoms with van der Waals surface area (Å²) in [5.41, 5.74) is 0. The van der Waals surface area contributed by atoms with E-state index in [1.807, 2.05) is 0 Å². The molecule has 64 valence electrons. The van der Waals surface area contributed by atoms with E-state index in [9.17, 15) is 14.7 Å². The molecule has 0 aromatic carbocycles. The van der Waals surface area contributed by atoms with Crippen LogP contribution in [0.25, 0.3) is 0 Å². The molecule has 0 unspecified atom stereocenters. The first-order valence-electron chi connectivity index (χ1n) is 3.21. The predicted molar refractivity (Wildman–Crippen MR) is 36.0 cm³/mol. The lowest BCUT2D eigenvalue weighted by molar-refractivity contribution is -0.303. The van der Waals surface area contributed by atoms with Crippen LogP contribution < -0.4 is 10.4 Å². The van der Waals surface area contributed by atoms with Gasteiger partial charge in [0, 0.05) is 0 Å². The van der Waals surface area contributed by atoms with Gasteiger partial charge in [-0.25, -0.2) is 0 Å². The van der Waals surface area contributed by atoms with E-state index in [2.05, 4.69) is 5.32 Å². The first kappa shape index (κ1) is 8.32. The minimum atomic E-state index is -1.34. The van der Waals surface area contributed by atoms with Crippen LogP contribution in [0, 0.1) is 0 Å². The summed E-state index contributed by atoms with van der Waals surface area (Å²) in [6.07, 6.45) is 1.33. The summed E-state index contributed by atoms with van der Waals surface area (Å²) in [5.74, 6) is -1.82. The maximum atomic E-state index is 10.9. The highest BCUT2D eigenvalue weighted by atomic mass is 16.4. The van der Waals surface area contributed by atoms with Gasteiger partial charge in [0.05, 0.1) is 18.8 Å². The molecule has 1 amide bonds. The van der Waals surface area contributed by atoms with E-state index in [0.29, 0.717) is 0 Å². The van der Waals surface area contributed by atoms with Crippen LogP contribution in [-0.2, 0) is 4.79 Å². The largest absolute Gasteiger partial charge is 0.548 e. The fraction of sp³-hybridized carbons (Fsp3) is 0.143. The van der Waals surface area contributed by atoms with Gasteiger partial charge in [0.15, 0.2) is 5.76 Å². The van der Waals surface area contributed by atoms with Gasteiger partial charge in [0.1, 0.15) is 0 Å². The second-order valence-electron chi connectivity index (χ2n) is 2.03. The Balaban J connectivity index is 2.45. The third-order valence-electron chi connectivity index (χ3n) is 1.14. The van der Waals surface area contributed by atoms with Gasteiger partial charge < -0.3 is 19.6 Å². The summed E-state index contributed by atoms with van der Waals surface area (Å²) in [4.78, 5) is 20.8. The molecule has 5 heteroatoms. The molecule has 0 saturated heterocycles. The highest BCUT2D eigenvalue weighted by Crippen LogP contribution is 1.98. The average Bonchev–Trinajstić information content (AvgIpc) is 2.51.